The molecule has 1 amide bonds. The largest absolute Gasteiger partial charge is 0.384 e. The van der Waals surface area contributed by atoms with E-state index >= 15 is 0 Å². The van der Waals surface area contributed by atoms with Crippen LogP contribution in [0.25, 0.3) is 0 Å². The highest BCUT2D eigenvalue weighted by molar-refractivity contribution is 5.95. The molecule has 3 aliphatic rings. The second-order valence-corrected chi connectivity index (χ2v) is 6.54. The zero-order valence-corrected chi connectivity index (χ0v) is 11.9. The van der Waals surface area contributed by atoms with E-state index in [1.165, 1.54) is 19.3 Å². The fraction of sp³-hybridized carbons (Fsp3) is 0.500. The molecule has 0 aromatic heterocycles. The van der Waals surface area contributed by atoms with Crippen molar-refractivity contribution in [3.8, 4) is 11.8 Å². The molecule has 0 saturated heterocycles. The van der Waals surface area contributed by atoms with Crippen LogP contribution in [0.2, 0.25) is 0 Å². The number of benzene rings is 1. The first kappa shape index (κ1) is 12.9. The van der Waals surface area contributed by atoms with E-state index in [-0.39, 0.29) is 18.4 Å². The van der Waals surface area contributed by atoms with Crippen molar-refractivity contribution in [2.45, 2.75) is 19.3 Å². The maximum absolute atomic E-state index is 12.4. The molecule has 0 spiro atoms. The molecule has 1 aromatic rings. The van der Waals surface area contributed by atoms with E-state index in [2.05, 4.69) is 17.2 Å². The van der Waals surface area contributed by atoms with Crippen LogP contribution in [0.3, 0.4) is 0 Å². The number of aliphatic hydroxyl groups excluding tert-OH is 1. The Morgan fingerprint density at radius 1 is 1.29 bits per heavy atom. The Bertz CT molecular complexity index is 626. The SMILES string of the molecule is O=C(Nc1cccc(C#CCO)c1)C1C2C3CCC(C3)C12. The summed E-state index contributed by atoms with van der Waals surface area (Å²) < 4.78 is 0. The van der Waals surface area contributed by atoms with Crippen molar-refractivity contribution < 1.29 is 9.90 Å². The smallest absolute Gasteiger partial charge is 0.228 e. The number of amides is 1. The van der Waals surface area contributed by atoms with Gasteiger partial charge in [0.15, 0.2) is 0 Å². The first-order valence-corrected chi connectivity index (χ1v) is 7.78. The minimum atomic E-state index is -0.148. The van der Waals surface area contributed by atoms with Gasteiger partial charge in [-0.05, 0) is 61.1 Å². The maximum atomic E-state index is 12.4. The minimum Gasteiger partial charge on any atom is -0.384 e. The summed E-state index contributed by atoms with van der Waals surface area (Å²) in [4.78, 5) is 12.4. The Morgan fingerprint density at radius 3 is 2.76 bits per heavy atom. The molecular formula is C18H19NO2. The summed E-state index contributed by atoms with van der Waals surface area (Å²) in [7, 11) is 0. The standard InChI is InChI=1S/C18H19NO2/c20-8-2-4-11-3-1-5-14(9-11)19-18(21)17-15-12-6-7-13(10-12)16(15)17/h1,3,5,9,12-13,15-17,20H,6-8,10H2,(H,19,21). The molecule has 4 rings (SSSR count). The summed E-state index contributed by atoms with van der Waals surface area (Å²) in [5, 5.41) is 11.8. The summed E-state index contributed by atoms with van der Waals surface area (Å²) in [6.07, 6.45) is 4.04. The van der Waals surface area contributed by atoms with Crippen LogP contribution in [-0.2, 0) is 4.79 Å². The molecule has 0 heterocycles. The van der Waals surface area contributed by atoms with E-state index in [4.69, 9.17) is 5.11 Å². The Labute approximate surface area is 124 Å². The Balaban J connectivity index is 1.44. The van der Waals surface area contributed by atoms with Crippen molar-refractivity contribution in [1.82, 2.24) is 0 Å². The molecule has 2 N–H and O–H groups in total. The first-order valence-electron chi connectivity index (χ1n) is 7.78. The topological polar surface area (TPSA) is 49.3 Å². The first-order chi connectivity index (χ1) is 10.3. The molecule has 4 unspecified atom stereocenters. The molecule has 3 heteroatoms. The fourth-order valence-electron chi connectivity index (χ4n) is 4.72. The second kappa shape index (κ2) is 4.89. The lowest BCUT2D eigenvalue weighted by atomic mass is 10.0. The maximum Gasteiger partial charge on any atom is 0.228 e. The predicted octanol–water partition coefficient (Wildman–Crippen LogP) is 2.26. The van der Waals surface area contributed by atoms with Crippen LogP contribution in [0, 0.1) is 41.4 Å². The number of aliphatic hydroxyl groups is 1. The van der Waals surface area contributed by atoms with Crippen LogP contribution >= 0.6 is 0 Å². The highest BCUT2D eigenvalue weighted by Crippen LogP contribution is 2.69. The van der Waals surface area contributed by atoms with Gasteiger partial charge < -0.3 is 10.4 Å². The molecule has 1 aromatic carbocycles. The van der Waals surface area contributed by atoms with Gasteiger partial charge in [-0.25, -0.2) is 0 Å². The van der Waals surface area contributed by atoms with E-state index in [1.54, 1.807) is 0 Å². The van der Waals surface area contributed by atoms with Gasteiger partial charge in [-0.15, -0.1) is 0 Å². The Morgan fingerprint density at radius 2 is 2.05 bits per heavy atom. The third kappa shape index (κ3) is 2.15. The van der Waals surface area contributed by atoms with Crippen molar-refractivity contribution >= 4 is 11.6 Å². The van der Waals surface area contributed by atoms with Gasteiger partial charge in [-0.1, -0.05) is 17.9 Å². The molecule has 21 heavy (non-hydrogen) atoms. The fourth-order valence-corrected chi connectivity index (χ4v) is 4.72. The number of carbonyl (C=O) groups is 1. The van der Waals surface area contributed by atoms with Crippen molar-refractivity contribution in [2.75, 3.05) is 11.9 Å². The lowest BCUT2D eigenvalue weighted by molar-refractivity contribution is -0.118. The highest BCUT2D eigenvalue weighted by atomic mass is 16.2. The molecule has 3 saturated carbocycles. The number of hydrogen-bond donors (Lipinski definition) is 2. The third-order valence-corrected chi connectivity index (χ3v) is 5.48. The van der Waals surface area contributed by atoms with Crippen LogP contribution in [0.1, 0.15) is 24.8 Å². The third-order valence-electron chi connectivity index (χ3n) is 5.48. The lowest BCUT2D eigenvalue weighted by Gasteiger charge is -2.09. The summed E-state index contributed by atoms with van der Waals surface area (Å²) in [5.41, 5.74) is 1.62. The van der Waals surface area contributed by atoms with Gasteiger partial charge in [0.1, 0.15) is 6.61 Å². The average Bonchev–Trinajstić information content (AvgIpc) is 2.94. The van der Waals surface area contributed by atoms with E-state index in [0.29, 0.717) is 11.8 Å². The number of carbonyl (C=O) groups excluding carboxylic acids is 1. The Hall–Kier alpha value is -1.79. The van der Waals surface area contributed by atoms with E-state index in [9.17, 15) is 4.79 Å². The van der Waals surface area contributed by atoms with Gasteiger partial charge in [0, 0.05) is 17.2 Å². The highest BCUT2D eigenvalue weighted by Gasteiger charge is 2.67. The molecule has 108 valence electrons. The second-order valence-electron chi connectivity index (χ2n) is 6.54. The van der Waals surface area contributed by atoms with Crippen LogP contribution in [0.15, 0.2) is 24.3 Å². The van der Waals surface area contributed by atoms with Crippen molar-refractivity contribution in [3.63, 3.8) is 0 Å². The quantitative estimate of drug-likeness (QED) is 0.817. The van der Waals surface area contributed by atoms with Crippen molar-refractivity contribution in [2.24, 2.45) is 29.6 Å². The van der Waals surface area contributed by atoms with Crippen LogP contribution < -0.4 is 5.32 Å². The van der Waals surface area contributed by atoms with E-state index < -0.39 is 0 Å². The number of fused-ring (bicyclic) bond motifs is 5. The monoisotopic (exact) mass is 281 g/mol. The van der Waals surface area contributed by atoms with Crippen LogP contribution in [-0.4, -0.2) is 17.6 Å². The molecule has 3 nitrogen and oxygen atoms in total. The van der Waals surface area contributed by atoms with Gasteiger partial charge >= 0.3 is 0 Å². The van der Waals surface area contributed by atoms with Crippen LogP contribution in [0.4, 0.5) is 5.69 Å². The molecule has 3 fully saturated rings. The number of rotatable bonds is 2. The summed E-state index contributed by atoms with van der Waals surface area (Å²) in [6, 6.07) is 7.53. The van der Waals surface area contributed by atoms with Gasteiger partial charge in [-0.3, -0.25) is 4.79 Å². The van der Waals surface area contributed by atoms with Crippen LogP contribution in [0.5, 0.6) is 0 Å². The number of hydrogen-bond acceptors (Lipinski definition) is 2. The lowest BCUT2D eigenvalue weighted by Crippen LogP contribution is -2.18. The molecule has 2 bridgehead atoms. The van der Waals surface area contributed by atoms with E-state index in [1.807, 2.05) is 24.3 Å². The number of nitrogens with one attached hydrogen (secondary N) is 1. The van der Waals surface area contributed by atoms with Gasteiger partial charge in [0.25, 0.3) is 0 Å². The summed E-state index contributed by atoms with van der Waals surface area (Å²) in [6.45, 7) is -0.148. The van der Waals surface area contributed by atoms with Gasteiger partial charge in [-0.2, -0.15) is 0 Å². The molecule has 0 aliphatic heterocycles. The van der Waals surface area contributed by atoms with Gasteiger partial charge in [0.2, 0.25) is 5.91 Å². The zero-order valence-electron chi connectivity index (χ0n) is 11.9. The molecule has 4 atom stereocenters. The zero-order chi connectivity index (χ0) is 14.4. The van der Waals surface area contributed by atoms with Gasteiger partial charge in [0.05, 0.1) is 0 Å². The van der Waals surface area contributed by atoms with E-state index in [0.717, 1.165) is 23.1 Å². The average molecular weight is 281 g/mol. The summed E-state index contributed by atoms with van der Waals surface area (Å²) in [5.74, 6) is 8.90. The molecule has 3 aliphatic carbocycles. The predicted molar refractivity (Wildman–Crippen MR) is 80.3 cm³/mol. The molecule has 0 radical (unpaired) electrons. The minimum absolute atomic E-state index is 0.148. The summed E-state index contributed by atoms with van der Waals surface area (Å²) >= 11 is 0. The van der Waals surface area contributed by atoms with Crippen molar-refractivity contribution in [1.29, 1.82) is 0 Å². The Kier molecular flexibility index (Phi) is 3.01. The normalized spacial score (nSPS) is 34.8. The number of anilines is 1. The van der Waals surface area contributed by atoms with Crippen molar-refractivity contribution in [3.05, 3.63) is 29.8 Å². The molecular weight excluding hydrogens is 262 g/mol.